The molecule has 0 radical (unpaired) electrons. The second kappa shape index (κ2) is 5.07. The molecular weight excluding hydrogens is 190 g/mol. The van der Waals surface area contributed by atoms with Crippen molar-refractivity contribution in [3.63, 3.8) is 0 Å². The molecule has 1 aromatic heterocycles. The minimum Gasteiger partial charge on any atom is -0.338 e. The van der Waals surface area contributed by atoms with Crippen molar-refractivity contribution in [3.8, 4) is 0 Å². The van der Waals surface area contributed by atoms with E-state index >= 15 is 0 Å². The van der Waals surface area contributed by atoms with Crippen LogP contribution in [0.5, 0.6) is 0 Å². The number of aromatic nitrogens is 2. The van der Waals surface area contributed by atoms with Gasteiger partial charge in [-0.25, -0.2) is 0 Å². The number of nitrogens with one attached hydrogen (secondary N) is 1. The molecule has 0 saturated heterocycles. The zero-order valence-electron chi connectivity index (χ0n) is 9.07. The Morgan fingerprint density at radius 3 is 3.13 bits per heavy atom. The molecule has 4 nitrogen and oxygen atoms in total. The normalized spacial score (nSPS) is 20.7. The Balaban J connectivity index is 1.68. The second-order valence-corrected chi connectivity index (χ2v) is 4.02. The molecule has 4 heteroatoms. The van der Waals surface area contributed by atoms with E-state index in [-0.39, 0.29) is 0 Å². The fourth-order valence-corrected chi connectivity index (χ4v) is 1.84. The van der Waals surface area contributed by atoms with Gasteiger partial charge in [0.15, 0.2) is 5.82 Å². The van der Waals surface area contributed by atoms with Crippen LogP contribution in [0, 0.1) is 12.8 Å². The number of aryl methyl sites for hydroxylation is 1. The van der Waals surface area contributed by atoms with Gasteiger partial charge in [-0.15, -0.1) is 0 Å². The first-order valence-corrected chi connectivity index (χ1v) is 5.49. The summed E-state index contributed by atoms with van der Waals surface area (Å²) < 4.78 is 5.02. The van der Waals surface area contributed by atoms with E-state index in [0.717, 1.165) is 12.5 Å². The third-order valence-electron chi connectivity index (χ3n) is 2.66. The van der Waals surface area contributed by atoms with Crippen LogP contribution in [-0.4, -0.2) is 16.7 Å². The Hall–Kier alpha value is -1.16. The summed E-state index contributed by atoms with van der Waals surface area (Å²) in [5, 5.41) is 7.10. The van der Waals surface area contributed by atoms with Crippen molar-refractivity contribution in [3.05, 3.63) is 23.9 Å². The maximum absolute atomic E-state index is 5.02. The van der Waals surface area contributed by atoms with Crippen molar-refractivity contribution in [2.75, 3.05) is 6.54 Å². The summed E-state index contributed by atoms with van der Waals surface area (Å²) in [5.41, 5.74) is 0. The molecule has 0 amide bonds. The highest BCUT2D eigenvalue weighted by Crippen LogP contribution is 2.16. The summed E-state index contributed by atoms with van der Waals surface area (Å²) in [7, 11) is 0. The van der Waals surface area contributed by atoms with Crippen LogP contribution in [0.3, 0.4) is 0 Å². The predicted molar refractivity (Wildman–Crippen MR) is 57.2 cm³/mol. The van der Waals surface area contributed by atoms with E-state index in [2.05, 4.69) is 27.6 Å². The van der Waals surface area contributed by atoms with Crippen molar-refractivity contribution in [1.29, 1.82) is 0 Å². The summed E-state index contributed by atoms with van der Waals surface area (Å²) >= 11 is 0. The molecule has 0 bridgehead atoms. The van der Waals surface area contributed by atoms with E-state index in [4.69, 9.17) is 4.52 Å². The third kappa shape index (κ3) is 3.16. The van der Waals surface area contributed by atoms with Crippen molar-refractivity contribution in [2.24, 2.45) is 5.92 Å². The first kappa shape index (κ1) is 10.4. The summed E-state index contributed by atoms with van der Waals surface area (Å²) in [5.74, 6) is 2.14. The number of allylic oxidation sites excluding steroid dienone is 2. The van der Waals surface area contributed by atoms with Crippen LogP contribution in [0.25, 0.3) is 0 Å². The molecule has 15 heavy (non-hydrogen) atoms. The first-order chi connectivity index (χ1) is 7.34. The van der Waals surface area contributed by atoms with Crippen LogP contribution < -0.4 is 5.32 Å². The average molecular weight is 207 g/mol. The van der Waals surface area contributed by atoms with Crippen LogP contribution in [0.15, 0.2) is 16.7 Å². The average Bonchev–Trinajstić information content (AvgIpc) is 2.66. The standard InChI is InChI=1S/C11H17N3O/c1-9-13-11(15-14-9)8-12-7-10-5-3-2-4-6-10/h2-3,10,12H,4-8H2,1H3. The van der Waals surface area contributed by atoms with E-state index < -0.39 is 0 Å². The molecule has 0 aromatic carbocycles. The Morgan fingerprint density at radius 2 is 2.47 bits per heavy atom. The van der Waals surface area contributed by atoms with Gasteiger partial charge in [0.2, 0.25) is 5.89 Å². The van der Waals surface area contributed by atoms with Gasteiger partial charge in [0.1, 0.15) is 0 Å². The maximum Gasteiger partial charge on any atom is 0.240 e. The van der Waals surface area contributed by atoms with Gasteiger partial charge in [0.05, 0.1) is 6.54 Å². The molecule has 2 rings (SSSR count). The molecule has 0 saturated carbocycles. The smallest absolute Gasteiger partial charge is 0.240 e. The lowest BCUT2D eigenvalue weighted by Crippen LogP contribution is -2.23. The molecule has 1 unspecified atom stereocenters. The highest BCUT2D eigenvalue weighted by Gasteiger charge is 2.09. The van der Waals surface area contributed by atoms with E-state index in [9.17, 15) is 0 Å². The minimum atomic E-state index is 0.679. The molecule has 1 aliphatic rings. The van der Waals surface area contributed by atoms with Gasteiger partial charge in [-0.1, -0.05) is 17.3 Å². The van der Waals surface area contributed by atoms with Gasteiger partial charge < -0.3 is 9.84 Å². The molecule has 1 aliphatic carbocycles. The lowest BCUT2D eigenvalue weighted by molar-refractivity contribution is 0.353. The van der Waals surface area contributed by atoms with E-state index in [1.54, 1.807) is 0 Å². The maximum atomic E-state index is 5.02. The lowest BCUT2D eigenvalue weighted by atomic mass is 9.94. The Labute approximate surface area is 89.8 Å². The van der Waals surface area contributed by atoms with Crippen LogP contribution in [0.1, 0.15) is 31.0 Å². The summed E-state index contributed by atoms with van der Waals surface area (Å²) in [4.78, 5) is 4.14. The highest BCUT2D eigenvalue weighted by atomic mass is 16.5. The fraction of sp³-hybridized carbons (Fsp3) is 0.636. The van der Waals surface area contributed by atoms with Gasteiger partial charge in [-0.2, -0.15) is 4.98 Å². The molecule has 82 valence electrons. The van der Waals surface area contributed by atoms with Gasteiger partial charge >= 0.3 is 0 Å². The summed E-state index contributed by atoms with van der Waals surface area (Å²) in [6, 6.07) is 0. The monoisotopic (exact) mass is 207 g/mol. The minimum absolute atomic E-state index is 0.679. The van der Waals surface area contributed by atoms with Gasteiger partial charge in [-0.3, -0.25) is 0 Å². The van der Waals surface area contributed by atoms with Crippen molar-refractivity contribution in [2.45, 2.75) is 32.7 Å². The van der Waals surface area contributed by atoms with Crippen molar-refractivity contribution >= 4 is 0 Å². The van der Waals surface area contributed by atoms with Gasteiger partial charge in [0.25, 0.3) is 0 Å². The SMILES string of the molecule is Cc1noc(CNCC2CC=CCC2)n1. The quantitative estimate of drug-likeness (QED) is 0.765. The van der Waals surface area contributed by atoms with Crippen molar-refractivity contribution in [1.82, 2.24) is 15.5 Å². The Bertz CT molecular complexity index is 332. The number of rotatable bonds is 4. The molecule has 1 N–H and O–H groups in total. The zero-order valence-corrected chi connectivity index (χ0v) is 9.07. The fourth-order valence-electron chi connectivity index (χ4n) is 1.84. The largest absolute Gasteiger partial charge is 0.338 e. The molecule has 1 aromatic rings. The van der Waals surface area contributed by atoms with Gasteiger partial charge in [-0.05, 0) is 38.6 Å². The number of hydrogen-bond acceptors (Lipinski definition) is 4. The lowest BCUT2D eigenvalue weighted by Gasteiger charge is -2.17. The third-order valence-corrected chi connectivity index (χ3v) is 2.66. The summed E-state index contributed by atoms with van der Waals surface area (Å²) in [6.45, 7) is 3.55. The van der Waals surface area contributed by atoms with E-state index in [1.807, 2.05) is 6.92 Å². The van der Waals surface area contributed by atoms with Crippen LogP contribution in [0.4, 0.5) is 0 Å². The number of nitrogens with zero attached hydrogens (tertiary/aromatic N) is 2. The Kier molecular flexibility index (Phi) is 3.50. The highest BCUT2D eigenvalue weighted by molar-refractivity contribution is 4.91. The molecule has 1 heterocycles. The van der Waals surface area contributed by atoms with Crippen LogP contribution >= 0.6 is 0 Å². The Morgan fingerprint density at radius 1 is 1.53 bits per heavy atom. The van der Waals surface area contributed by atoms with Crippen LogP contribution in [0.2, 0.25) is 0 Å². The van der Waals surface area contributed by atoms with E-state index in [0.29, 0.717) is 18.3 Å². The number of hydrogen-bond donors (Lipinski definition) is 1. The van der Waals surface area contributed by atoms with Gasteiger partial charge in [0, 0.05) is 0 Å². The second-order valence-electron chi connectivity index (χ2n) is 4.02. The van der Waals surface area contributed by atoms with E-state index in [1.165, 1.54) is 19.3 Å². The molecule has 1 atom stereocenters. The topological polar surface area (TPSA) is 51.0 Å². The first-order valence-electron chi connectivity index (χ1n) is 5.49. The zero-order chi connectivity index (χ0) is 10.5. The predicted octanol–water partition coefficient (Wildman–Crippen LogP) is 1.82. The molecule has 0 spiro atoms. The molecule has 0 aliphatic heterocycles. The molecule has 0 fully saturated rings. The van der Waals surface area contributed by atoms with Crippen LogP contribution in [-0.2, 0) is 6.54 Å². The molecular formula is C11H17N3O. The summed E-state index contributed by atoms with van der Waals surface area (Å²) in [6.07, 6.45) is 8.22. The van der Waals surface area contributed by atoms with Crippen molar-refractivity contribution < 1.29 is 4.52 Å².